The fourth-order valence-corrected chi connectivity index (χ4v) is 15.9. The van der Waals surface area contributed by atoms with Crippen molar-refractivity contribution in [3.63, 3.8) is 0 Å². The van der Waals surface area contributed by atoms with Crippen molar-refractivity contribution in [2.24, 2.45) is 34.5 Å². The molecule has 5 saturated heterocycles. The predicted molar refractivity (Wildman–Crippen MR) is 289 cm³/mol. The van der Waals surface area contributed by atoms with Crippen LogP contribution in [0.25, 0.3) is 0 Å². The van der Waals surface area contributed by atoms with Crippen molar-refractivity contribution in [2.45, 2.75) is 278 Å². The molecular weight excluding hydrogens is 1190 g/mol. The number of rotatable bonds is 17. The Kier molecular flexibility index (Phi) is 22.7. The maximum atomic E-state index is 13.7. The standard InChI is InChI=1S/C57H92O28S.Na/c1-22-35(59)40(64)42(66)49(76-22)84-48-41(65)36(60)23(2)79-53(48)81-32-21-75-52(47(39(32)63)83-51-43(67)45(74-10)37(61)24(3)78-51)82-46-38(62)25(4)77-50(44(46)68)80-31-20-27-28-11-12-33(57(9,70)34(58)15-16-54(5,6)69)56(28,8)18-14-29(27)55(7)17-13-26(19-30(31)55)85-86(71,72)73;/h14-16,22-28,30-33,35-53,59-70H,11-13,17-21H2,1-10H3,(H,71,72,73);/q;+1/p-1/b16-15+;/t22?,23?,24?,25?,26?,27?,28?,30?,31?,32-,33+,35+,36-,37-,38-,39?,40+,41+,42?,43+,44?,45+,46?,47?,48?,49+,50?,51?,52?,53+,55-,56+,57-;/m1./s1. The van der Waals surface area contributed by atoms with Gasteiger partial charge in [-0.3, -0.25) is 8.98 Å². The molecule has 30 heteroatoms. The Labute approximate surface area is 528 Å². The molecule has 0 aromatic heterocycles. The first-order chi connectivity index (χ1) is 40.0. The van der Waals surface area contributed by atoms with E-state index in [9.17, 15) is 79.0 Å². The van der Waals surface area contributed by atoms with Gasteiger partial charge >= 0.3 is 29.6 Å². The normalized spacial score (nSPS) is 50.4. The molecule has 9 rings (SSSR count). The molecule has 18 unspecified atom stereocenters. The van der Waals surface area contributed by atoms with Crippen molar-refractivity contribution in [1.29, 1.82) is 0 Å². The van der Waals surface area contributed by atoms with E-state index in [1.54, 1.807) is 0 Å². The molecule has 494 valence electrons. The SMILES string of the molecule is CO[C@H]1[C@H](O)C(C)OC(OC2C(OC3C(O)C(OC4CC5C(=CC[C@@]6(C)C5CC[C@@H]6[C@@](C)(O)C(=O)/C=C/C(C)(C)O)[C@@]5(C)CCC(OS(=O)(=O)[O-])CC45)OC(C)[C@H]3O)OC[C@@H](O[C@@H]3OC(C)[C@@H](O)[C@H](O)C3O[C@@H]3OC(C)[C@H](O)[C@H](O)C3O)C2O)[C@H]1O.[Na+]. The van der Waals surface area contributed by atoms with E-state index in [1.807, 2.05) is 6.92 Å². The summed E-state index contributed by atoms with van der Waals surface area (Å²) in [6, 6.07) is 0. The Bertz CT molecular complexity index is 2520. The van der Waals surface area contributed by atoms with Gasteiger partial charge in [0.1, 0.15) is 97.2 Å². The first kappa shape index (κ1) is 71.9. The van der Waals surface area contributed by atoms with Gasteiger partial charge in [0.05, 0.1) is 48.8 Å². The summed E-state index contributed by atoms with van der Waals surface area (Å²) in [6.45, 7) is 13.8. The Morgan fingerprint density at radius 3 is 1.74 bits per heavy atom. The van der Waals surface area contributed by atoms with Crippen LogP contribution in [-0.2, 0) is 71.5 Å². The zero-order valence-corrected chi connectivity index (χ0v) is 53.8. The monoisotopic (exact) mass is 1280 g/mol. The summed E-state index contributed by atoms with van der Waals surface area (Å²) in [5, 5.41) is 135. The van der Waals surface area contributed by atoms with Gasteiger partial charge < -0.3 is 118 Å². The average molecular weight is 1280 g/mol. The molecule has 0 spiro atoms. The number of aliphatic hydroxyl groups is 12. The topological polar surface area (TPSA) is 428 Å². The minimum absolute atomic E-state index is 0. The van der Waals surface area contributed by atoms with E-state index in [1.165, 1.54) is 67.7 Å². The van der Waals surface area contributed by atoms with Gasteiger partial charge in [-0.25, -0.2) is 8.42 Å². The van der Waals surface area contributed by atoms with Crippen LogP contribution in [0, 0.1) is 34.5 Å². The van der Waals surface area contributed by atoms with Gasteiger partial charge in [0.2, 0.25) is 10.4 Å². The van der Waals surface area contributed by atoms with E-state index in [0.29, 0.717) is 25.7 Å². The molecule has 12 N–H and O–H groups in total. The summed E-state index contributed by atoms with van der Waals surface area (Å²) in [4.78, 5) is 13.7. The van der Waals surface area contributed by atoms with Crippen LogP contribution < -0.4 is 29.6 Å². The Morgan fingerprint density at radius 1 is 0.621 bits per heavy atom. The number of carbonyl (C=O) groups is 1. The molecule has 8 fully saturated rings. The molecule has 5 aliphatic heterocycles. The quantitative estimate of drug-likeness (QED) is 0.0213. The molecule has 33 atom stereocenters. The second-order valence-corrected chi connectivity index (χ2v) is 27.7. The minimum Gasteiger partial charge on any atom is -0.726 e. The zero-order chi connectivity index (χ0) is 63.2. The van der Waals surface area contributed by atoms with Crippen molar-refractivity contribution in [2.75, 3.05) is 13.7 Å². The van der Waals surface area contributed by atoms with Crippen molar-refractivity contribution >= 4 is 16.2 Å². The van der Waals surface area contributed by atoms with E-state index in [-0.39, 0.29) is 60.7 Å². The van der Waals surface area contributed by atoms with Crippen LogP contribution in [0.15, 0.2) is 23.8 Å². The molecule has 0 amide bonds. The molecule has 0 bridgehead atoms. The summed E-state index contributed by atoms with van der Waals surface area (Å²) >= 11 is 0. The average Bonchev–Trinajstić information content (AvgIpc) is 1.70. The molecule has 87 heavy (non-hydrogen) atoms. The Balaban J connectivity index is 0.00000982. The third kappa shape index (κ3) is 14.4. The van der Waals surface area contributed by atoms with Crippen LogP contribution in [0.3, 0.4) is 0 Å². The van der Waals surface area contributed by atoms with Crippen molar-refractivity contribution in [1.82, 2.24) is 0 Å². The van der Waals surface area contributed by atoms with E-state index in [4.69, 9.17) is 56.3 Å². The number of aliphatic hydroxyl groups excluding tert-OH is 10. The molecule has 28 nitrogen and oxygen atoms in total. The predicted octanol–water partition coefficient (Wildman–Crippen LogP) is -5.44. The fourth-order valence-electron chi connectivity index (χ4n) is 15.4. The van der Waals surface area contributed by atoms with E-state index in [2.05, 4.69) is 13.0 Å². The van der Waals surface area contributed by atoms with Gasteiger partial charge in [0, 0.05) is 13.0 Å². The van der Waals surface area contributed by atoms with Gasteiger partial charge in [-0.1, -0.05) is 31.6 Å². The first-order valence-corrected chi connectivity index (χ1v) is 31.2. The number of methoxy groups -OCH3 is 1. The van der Waals surface area contributed by atoms with Crippen LogP contribution in [0.4, 0.5) is 0 Å². The van der Waals surface area contributed by atoms with E-state index >= 15 is 0 Å². The minimum atomic E-state index is -5.15. The van der Waals surface area contributed by atoms with Crippen LogP contribution in [0.5, 0.6) is 0 Å². The number of ether oxygens (including phenoxy) is 11. The van der Waals surface area contributed by atoms with Gasteiger partial charge in [-0.15, -0.1) is 0 Å². The number of fused-ring (bicyclic) bond motifs is 5. The third-order valence-corrected chi connectivity index (χ3v) is 20.9. The number of carbonyl (C=O) groups excluding carboxylic acids is 1. The summed E-state index contributed by atoms with van der Waals surface area (Å²) < 4.78 is 108. The van der Waals surface area contributed by atoms with Crippen molar-refractivity contribution in [3.05, 3.63) is 23.8 Å². The second kappa shape index (κ2) is 27.4. The summed E-state index contributed by atoms with van der Waals surface area (Å²) in [6.07, 6.45) is -32.8. The number of ketones is 1. The molecule has 0 radical (unpaired) electrons. The Morgan fingerprint density at radius 2 is 1.14 bits per heavy atom. The number of allylic oxidation sites excluding steroid dienone is 2. The Hall–Kier alpha value is -0.900. The maximum Gasteiger partial charge on any atom is 1.00 e. The molecule has 5 heterocycles. The van der Waals surface area contributed by atoms with Crippen molar-refractivity contribution in [3.8, 4) is 0 Å². The molecule has 9 aliphatic rings. The summed E-state index contributed by atoms with van der Waals surface area (Å²) in [5.74, 6) is -1.97. The molecule has 4 aliphatic carbocycles. The van der Waals surface area contributed by atoms with E-state index < -0.39 is 216 Å². The van der Waals surface area contributed by atoms with Crippen molar-refractivity contribution < 1.29 is 165 Å². The summed E-state index contributed by atoms with van der Waals surface area (Å²) in [7, 11) is -3.91. The fraction of sp³-hybridized carbons (Fsp3) is 0.912. The van der Waals surface area contributed by atoms with Gasteiger partial charge in [0.25, 0.3) is 0 Å². The largest absolute Gasteiger partial charge is 1.00 e. The van der Waals surface area contributed by atoms with Gasteiger partial charge in [-0.05, 0) is 128 Å². The first-order valence-electron chi connectivity index (χ1n) is 29.9. The smallest absolute Gasteiger partial charge is 0.726 e. The van der Waals surface area contributed by atoms with Crippen LogP contribution in [0.1, 0.15) is 107 Å². The van der Waals surface area contributed by atoms with Crippen LogP contribution in [0.2, 0.25) is 0 Å². The molecule has 0 aromatic carbocycles. The van der Waals surface area contributed by atoms with Crippen LogP contribution in [-0.4, -0.2) is 265 Å². The van der Waals surface area contributed by atoms with Gasteiger partial charge in [-0.2, -0.15) is 0 Å². The van der Waals surface area contributed by atoms with Gasteiger partial charge in [0.15, 0.2) is 37.2 Å². The third-order valence-electron chi connectivity index (χ3n) is 20.4. The summed E-state index contributed by atoms with van der Waals surface area (Å²) in [5.41, 5.74) is -3.37. The zero-order valence-electron chi connectivity index (χ0n) is 51.0. The number of hydrogen-bond acceptors (Lipinski definition) is 28. The second-order valence-electron chi connectivity index (χ2n) is 26.7. The van der Waals surface area contributed by atoms with Crippen LogP contribution >= 0.6 is 0 Å². The molecular formula is C57H91NaO28S. The van der Waals surface area contributed by atoms with E-state index in [0.717, 1.165) is 5.57 Å². The molecule has 3 saturated carbocycles. The number of hydrogen-bond donors (Lipinski definition) is 12. The molecule has 0 aromatic rings. The maximum absolute atomic E-state index is 13.7.